The zero-order valence-electron chi connectivity index (χ0n) is 32.2. The van der Waals surface area contributed by atoms with Gasteiger partial charge in [0.1, 0.15) is 0 Å². The van der Waals surface area contributed by atoms with E-state index in [1.165, 1.54) is 75.1 Å². The summed E-state index contributed by atoms with van der Waals surface area (Å²) in [6, 6.07) is 42.2. The largest absolute Gasteiger partial charge is 3.00 e. The summed E-state index contributed by atoms with van der Waals surface area (Å²) in [5.74, 6) is -1.09. The summed E-state index contributed by atoms with van der Waals surface area (Å²) >= 11 is 0. The van der Waals surface area contributed by atoms with Crippen molar-refractivity contribution in [1.29, 1.82) is 10.5 Å². The van der Waals surface area contributed by atoms with Gasteiger partial charge in [0.15, 0.2) is 12.3 Å². The van der Waals surface area contributed by atoms with Crippen molar-refractivity contribution in [2.24, 2.45) is 20.0 Å². The Bertz CT molecular complexity index is 2150. The van der Waals surface area contributed by atoms with Gasteiger partial charge in [-0.05, 0) is 33.4 Å². The Morgan fingerprint density at radius 1 is 0.367 bits per heavy atom. The second-order valence-electron chi connectivity index (χ2n) is 11.5. The van der Waals surface area contributed by atoms with Gasteiger partial charge in [0.2, 0.25) is 0 Å². The normalized spacial score (nSPS) is 10.3. The molecule has 6 aromatic carbocycles. The predicted molar refractivity (Wildman–Crippen MR) is 214 cm³/mol. The van der Waals surface area contributed by atoms with Crippen LogP contribution in [0.25, 0.3) is 0 Å². The van der Waals surface area contributed by atoms with Crippen LogP contribution in [-0.4, -0.2) is 24.9 Å². The quantitative estimate of drug-likeness (QED) is 0.128. The van der Waals surface area contributed by atoms with Crippen molar-refractivity contribution in [3.63, 3.8) is 0 Å². The summed E-state index contributed by atoms with van der Waals surface area (Å²) in [6.07, 6.45) is 3.92. The number of nitrogens with zero attached hydrogens (tertiary/aromatic N) is 6. The third-order valence-electron chi connectivity index (χ3n) is 7.49. The van der Waals surface area contributed by atoms with Gasteiger partial charge in [0.05, 0.1) is 12.1 Å². The summed E-state index contributed by atoms with van der Waals surface area (Å²) in [7, 11) is 0. The van der Waals surface area contributed by atoms with Gasteiger partial charge in [-0.2, -0.15) is 10.5 Å². The Labute approximate surface area is 370 Å². The molecular weight excluding hydrogens is 844 g/mol. The van der Waals surface area contributed by atoms with Gasteiger partial charge in [0.25, 0.3) is 0 Å². The van der Waals surface area contributed by atoms with E-state index in [1.54, 1.807) is 121 Å². The molecule has 302 valence electrons. The van der Waals surface area contributed by atoms with Crippen LogP contribution in [0.5, 0.6) is 34.5 Å². The van der Waals surface area contributed by atoms with Crippen molar-refractivity contribution in [3.05, 3.63) is 179 Å². The average Bonchev–Trinajstić information content (AvgIpc) is 3.22. The maximum Gasteiger partial charge on any atom is 3.00 e. The van der Waals surface area contributed by atoms with E-state index in [9.17, 15) is 30.6 Å². The zero-order chi connectivity index (χ0) is 42.1. The Morgan fingerprint density at radius 3 is 0.750 bits per heavy atom. The van der Waals surface area contributed by atoms with E-state index >= 15 is 0 Å². The molecule has 0 aromatic heterocycles. The molecule has 6 rings (SSSR count). The molecule has 0 bridgehead atoms. The van der Waals surface area contributed by atoms with Crippen molar-refractivity contribution in [3.8, 4) is 46.6 Å². The van der Waals surface area contributed by atoms with Gasteiger partial charge in [-0.25, -0.2) is 0 Å². The van der Waals surface area contributed by atoms with E-state index in [4.69, 9.17) is 10.5 Å². The van der Waals surface area contributed by atoms with Crippen LogP contribution in [0.1, 0.15) is 59.6 Å². The Morgan fingerprint density at radius 2 is 0.550 bits per heavy atom. The molecule has 14 heteroatoms. The van der Waals surface area contributed by atoms with E-state index in [0.717, 1.165) is 0 Å². The van der Waals surface area contributed by atoms with Crippen LogP contribution < -0.4 is 30.6 Å². The van der Waals surface area contributed by atoms with Gasteiger partial charge < -0.3 is 30.6 Å². The molecule has 12 nitrogen and oxygen atoms in total. The van der Waals surface area contributed by atoms with Gasteiger partial charge in [0, 0.05) is 38.7 Å². The molecule has 0 atom stereocenters. The molecule has 0 unspecified atom stereocenters. The van der Waals surface area contributed by atoms with Crippen LogP contribution >= 0.6 is 0 Å². The molecule has 0 saturated carbocycles. The molecule has 60 heavy (non-hydrogen) atoms. The standard InChI is InChI=1S/2C21H18N2O3.2C2H3N.2Fe/c2*24-18-10-4-1-7-15(18)13-22-21(17-9-3-6-12-20(17)26)23-14-16-8-2-5-11-19(16)25;2*1-2-3;;/h2*1-14,21,24-26H;2*1H3;;/q;;;;2*+3/p-6/b2*22-13+,23-14+;;;;. The predicted octanol–water partition coefficient (Wildman–Crippen LogP) is 5.34. The zero-order valence-corrected chi connectivity index (χ0v) is 34.4. The molecular formula is C46H36Fe2N6O6. The fourth-order valence-corrected chi connectivity index (χ4v) is 4.74. The van der Waals surface area contributed by atoms with Gasteiger partial charge in [-0.1, -0.05) is 146 Å². The average molecular weight is 881 g/mol. The molecule has 0 aliphatic rings. The summed E-state index contributed by atoms with van der Waals surface area (Å²) < 4.78 is 0. The van der Waals surface area contributed by atoms with Crippen LogP contribution in [0.4, 0.5) is 0 Å². The molecule has 6 aromatic rings. The molecule has 0 fully saturated rings. The minimum atomic E-state index is -0.845. The smallest absolute Gasteiger partial charge is 0.872 e. The minimum absolute atomic E-state index is 0. The third-order valence-corrected chi connectivity index (χ3v) is 7.49. The van der Waals surface area contributed by atoms with Crippen molar-refractivity contribution in [1.82, 2.24) is 0 Å². The van der Waals surface area contributed by atoms with E-state index in [0.29, 0.717) is 33.4 Å². The molecule has 0 saturated heterocycles. The first-order valence-electron chi connectivity index (χ1n) is 17.4. The Balaban J connectivity index is 0.000000515. The number of nitriles is 2. The van der Waals surface area contributed by atoms with Crippen LogP contribution in [0.15, 0.2) is 166 Å². The molecule has 0 N–H and O–H groups in total. The molecule has 0 aliphatic heterocycles. The maximum absolute atomic E-state index is 12.1. The minimum Gasteiger partial charge on any atom is -0.872 e. The Kier molecular flexibility index (Phi) is 23.9. The van der Waals surface area contributed by atoms with Crippen molar-refractivity contribution < 1.29 is 64.8 Å². The van der Waals surface area contributed by atoms with Gasteiger partial charge in [-0.3, -0.25) is 20.0 Å². The monoisotopic (exact) mass is 880 g/mol. The summed E-state index contributed by atoms with van der Waals surface area (Å²) in [4.78, 5) is 17.2. The first-order chi connectivity index (χ1) is 28.1. The fourth-order valence-electron chi connectivity index (χ4n) is 4.74. The summed E-state index contributed by atoms with van der Waals surface area (Å²) in [6.45, 7) is 2.86. The maximum atomic E-state index is 12.1. The van der Waals surface area contributed by atoms with E-state index in [2.05, 4.69) is 20.0 Å². The second kappa shape index (κ2) is 28.3. The number of aliphatic imine (C=N–C) groups is 4. The number of para-hydroxylation sites is 6. The van der Waals surface area contributed by atoms with Crippen LogP contribution in [-0.2, 0) is 34.1 Å². The molecule has 0 heterocycles. The van der Waals surface area contributed by atoms with Gasteiger partial charge in [-0.15, -0.1) is 34.5 Å². The number of hydrogen-bond acceptors (Lipinski definition) is 12. The molecule has 0 spiro atoms. The van der Waals surface area contributed by atoms with Crippen molar-refractivity contribution >= 4 is 24.9 Å². The summed E-state index contributed by atoms with van der Waals surface area (Å²) in [5, 5.41) is 86.2. The Hall–Kier alpha value is -7.18. The van der Waals surface area contributed by atoms with Crippen LogP contribution in [0, 0.1) is 22.7 Å². The van der Waals surface area contributed by atoms with Crippen LogP contribution in [0.2, 0.25) is 0 Å². The SMILES string of the molecule is CC#N.CC#N.[Fe+3].[Fe+3].[O-]c1ccccc1/C=N/C(/N=C/c1ccccc1[O-])c1ccccc1[O-].[O-]c1ccccc1/C=N/C(/N=C/c1ccccc1[O-])c1ccccc1[O-]. The molecule has 0 aliphatic carbocycles. The molecule has 2 radical (unpaired) electrons. The van der Waals surface area contributed by atoms with E-state index in [-0.39, 0.29) is 68.6 Å². The first-order valence-corrected chi connectivity index (χ1v) is 17.4. The van der Waals surface area contributed by atoms with Crippen molar-refractivity contribution in [2.75, 3.05) is 0 Å². The van der Waals surface area contributed by atoms with E-state index in [1.807, 2.05) is 0 Å². The van der Waals surface area contributed by atoms with Gasteiger partial charge >= 0.3 is 34.1 Å². The van der Waals surface area contributed by atoms with Crippen molar-refractivity contribution in [2.45, 2.75) is 26.2 Å². The third kappa shape index (κ3) is 16.7. The van der Waals surface area contributed by atoms with E-state index < -0.39 is 12.3 Å². The second-order valence-corrected chi connectivity index (χ2v) is 11.5. The first kappa shape index (κ1) is 50.8. The number of rotatable bonds is 10. The fraction of sp³-hybridized carbons (Fsp3) is 0.0870. The van der Waals surface area contributed by atoms with Crippen LogP contribution in [0.3, 0.4) is 0 Å². The number of benzene rings is 6. The summed E-state index contributed by atoms with van der Waals surface area (Å²) in [5.41, 5.74) is 2.35. The number of hydrogen-bond donors (Lipinski definition) is 0. The molecule has 0 amide bonds. The topological polar surface area (TPSA) is 235 Å².